The molecule has 1 aromatic heterocycles. The Morgan fingerprint density at radius 3 is 2.51 bits per heavy atom. The molecule has 2 fully saturated rings. The summed E-state index contributed by atoms with van der Waals surface area (Å²) >= 11 is 0. The molecule has 3 aliphatic rings. The molecule has 2 saturated carbocycles. The number of benzene rings is 1. The van der Waals surface area contributed by atoms with Crippen LogP contribution in [-0.4, -0.2) is 119 Å². The molecular formula is C35H53N7O7. The van der Waals surface area contributed by atoms with Crippen molar-refractivity contribution in [2.75, 3.05) is 66.7 Å². The summed E-state index contributed by atoms with van der Waals surface area (Å²) in [5.74, 6) is 0.382. The minimum absolute atomic E-state index is 0.0286. The molecule has 0 saturated heterocycles. The zero-order chi connectivity index (χ0) is 35.2. The summed E-state index contributed by atoms with van der Waals surface area (Å²) in [6.45, 7) is 3.81. The van der Waals surface area contributed by atoms with Crippen molar-refractivity contribution in [1.82, 2.24) is 30.1 Å². The van der Waals surface area contributed by atoms with Gasteiger partial charge in [0.2, 0.25) is 17.7 Å². The Bertz CT molecular complexity index is 1470. The first kappa shape index (κ1) is 36.7. The Morgan fingerprint density at radius 2 is 1.80 bits per heavy atom. The van der Waals surface area contributed by atoms with Gasteiger partial charge >= 0.3 is 0 Å². The summed E-state index contributed by atoms with van der Waals surface area (Å²) in [6.07, 6.45) is 8.11. The van der Waals surface area contributed by atoms with E-state index in [-0.39, 0.29) is 57.3 Å². The molecule has 0 aliphatic heterocycles. The molecule has 5 atom stereocenters. The average molecular weight is 684 g/mol. The number of aromatic nitrogens is 3. The van der Waals surface area contributed by atoms with Crippen molar-refractivity contribution < 1.29 is 34.1 Å². The molecule has 0 spiro atoms. The van der Waals surface area contributed by atoms with Crippen LogP contribution in [0.4, 0.5) is 0 Å². The predicted molar refractivity (Wildman–Crippen MR) is 180 cm³/mol. The van der Waals surface area contributed by atoms with E-state index in [2.05, 4.69) is 28.6 Å². The first-order chi connectivity index (χ1) is 23.5. The normalized spacial score (nSPS) is 25.7. The number of carbonyl (C=O) groups is 3. The van der Waals surface area contributed by atoms with E-state index < -0.39 is 17.4 Å². The van der Waals surface area contributed by atoms with Crippen molar-refractivity contribution in [3.05, 3.63) is 41.2 Å². The lowest BCUT2D eigenvalue weighted by Gasteiger charge is -2.52. The van der Waals surface area contributed by atoms with E-state index in [1.165, 1.54) is 35.1 Å². The number of carbonyl (C=O) groups excluding carboxylic acids is 3. The molecule has 3 amide bonds. The number of phenolic OH excluding ortho intramolecular Hbond substituents is 1. The van der Waals surface area contributed by atoms with Crippen LogP contribution in [0.2, 0.25) is 0 Å². The van der Waals surface area contributed by atoms with Gasteiger partial charge in [0.1, 0.15) is 17.0 Å². The van der Waals surface area contributed by atoms with Crippen LogP contribution < -0.4 is 11.1 Å². The zero-order valence-electron chi connectivity index (χ0n) is 29.1. The smallest absolute Gasteiger partial charge is 0.242 e. The average Bonchev–Trinajstić information content (AvgIpc) is 3.66. The fourth-order valence-electron chi connectivity index (χ4n) is 8.71. The highest BCUT2D eigenvalue weighted by molar-refractivity contribution is 5.88. The standard InChI is InChI=1S/C35H53N7O7/c1-34-11-9-27-26-8-6-25(43)19-24(26)5-7-28(27)29(34)10-12-35(34,47)30-21-42(39-38-30)14-4-13-37-20-32(45)41(16-18-49-3)23-33(46)40(15-17-48-2)22-31(36)44/h6,8,19,21,27-29,37,43,47H,4-5,7,9-18,20,22-23H2,1-3H3,(H2,36,44). The highest BCUT2D eigenvalue weighted by Gasteiger charge is 2.63. The number of nitrogens with two attached hydrogens (primary N) is 1. The van der Waals surface area contributed by atoms with Crippen LogP contribution >= 0.6 is 0 Å². The molecule has 5 rings (SSSR count). The van der Waals surface area contributed by atoms with Crippen LogP contribution in [0, 0.1) is 17.3 Å². The number of aromatic hydroxyl groups is 1. The maximum Gasteiger partial charge on any atom is 0.242 e. The maximum absolute atomic E-state index is 13.0. The van der Waals surface area contributed by atoms with Crippen LogP contribution in [0.1, 0.15) is 68.2 Å². The van der Waals surface area contributed by atoms with Gasteiger partial charge in [-0.05, 0) is 92.5 Å². The molecule has 1 heterocycles. The Morgan fingerprint density at radius 1 is 1.06 bits per heavy atom. The lowest BCUT2D eigenvalue weighted by atomic mass is 9.53. The molecule has 14 nitrogen and oxygen atoms in total. The lowest BCUT2D eigenvalue weighted by molar-refractivity contribution is -0.142. The van der Waals surface area contributed by atoms with Crippen LogP contribution in [-0.2, 0) is 42.4 Å². The summed E-state index contributed by atoms with van der Waals surface area (Å²) in [7, 11) is 3.02. The van der Waals surface area contributed by atoms with E-state index in [4.69, 9.17) is 15.2 Å². The van der Waals surface area contributed by atoms with Crippen molar-refractivity contribution in [2.24, 2.45) is 23.0 Å². The third-order valence-corrected chi connectivity index (χ3v) is 11.3. The summed E-state index contributed by atoms with van der Waals surface area (Å²) < 4.78 is 11.9. The molecule has 5 unspecified atom stereocenters. The summed E-state index contributed by atoms with van der Waals surface area (Å²) in [5.41, 5.74) is 7.24. The zero-order valence-corrected chi connectivity index (χ0v) is 29.1. The van der Waals surface area contributed by atoms with Crippen LogP contribution in [0.5, 0.6) is 5.75 Å². The van der Waals surface area contributed by atoms with E-state index in [9.17, 15) is 24.6 Å². The molecule has 2 aromatic rings. The van der Waals surface area contributed by atoms with Crippen molar-refractivity contribution in [2.45, 2.75) is 69.9 Å². The Labute approximate surface area is 288 Å². The topological polar surface area (TPSA) is 185 Å². The molecule has 49 heavy (non-hydrogen) atoms. The van der Waals surface area contributed by atoms with E-state index in [0.29, 0.717) is 55.1 Å². The van der Waals surface area contributed by atoms with Crippen LogP contribution in [0.15, 0.2) is 24.4 Å². The molecule has 14 heteroatoms. The molecule has 1 aromatic carbocycles. The van der Waals surface area contributed by atoms with Gasteiger partial charge in [0.15, 0.2) is 0 Å². The first-order valence-corrected chi connectivity index (χ1v) is 17.5. The number of fused-ring (bicyclic) bond motifs is 5. The highest BCUT2D eigenvalue weighted by atomic mass is 16.5. The minimum atomic E-state index is -1.04. The maximum atomic E-state index is 13.0. The number of phenols is 1. The predicted octanol–water partition coefficient (Wildman–Crippen LogP) is 1.14. The second kappa shape index (κ2) is 16.0. The van der Waals surface area contributed by atoms with Gasteiger partial charge < -0.3 is 40.5 Å². The van der Waals surface area contributed by atoms with Crippen molar-refractivity contribution in [3.63, 3.8) is 0 Å². The third-order valence-electron chi connectivity index (χ3n) is 11.3. The number of hydrogen-bond donors (Lipinski definition) is 4. The van der Waals surface area contributed by atoms with E-state index >= 15 is 0 Å². The van der Waals surface area contributed by atoms with Crippen molar-refractivity contribution in [1.29, 1.82) is 0 Å². The minimum Gasteiger partial charge on any atom is -0.508 e. The van der Waals surface area contributed by atoms with Crippen LogP contribution in [0.3, 0.4) is 0 Å². The number of aliphatic hydroxyl groups is 1. The summed E-state index contributed by atoms with van der Waals surface area (Å²) in [4.78, 5) is 40.1. The number of hydrogen-bond acceptors (Lipinski definition) is 10. The quantitative estimate of drug-likeness (QED) is 0.176. The molecule has 270 valence electrons. The highest BCUT2D eigenvalue weighted by Crippen LogP contribution is 2.66. The Hall–Kier alpha value is -3.59. The van der Waals surface area contributed by atoms with Crippen LogP contribution in [0.25, 0.3) is 0 Å². The van der Waals surface area contributed by atoms with Gasteiger partial charge in [0.05, 0.1) is 39.0 Å². The SMILES string of the molecule is COCCN(CC(N)=O)C(=O)CN(CCOC)C(=O)CNCCCn1cc(C2(O)CCC3C4CCc5cc(O)ccc5C4CCC32C)nn1. The molecule has 0 bridgehead atoms. The van der Waals surface area contributed by atoms with E-state index in [1.54, 1.807) is 10.7 Å². The number of rotatable bonds is 17. The Kier molecular flexibility index (Phi) is 11.9. The number of primary amides is 1. The second-order valence-corrected chi connectivity index (χ2v) is 14.1. The molecular weight excluding hydrogens is 630 g/mol. The number of nitrogens with zero attached hydrogens (tertiary/aromatic N) is 5. The number of aryl methyl sites for hydroxylation is 2. The number of amides is 3. The largest absolute Gasteiger partial charge is 0.508 e. The summed E-state index contributed by atoms with van der Waals surface area (Å²) in [6, 6.07) is 5.83. The van der Waals surface area contributed by atoms with Crippen molar-refractivity contribution >= 4 is 17.7 Å². The number of nitrogens with one attached hydrogen (secondary N) is 1. The second-order valence-electron chi connectivity index (χ2n) is 14.1. The first-order valence-electron chi connectivity index (χ1n) is 17.5. The Balaban J connectivity index is 1.12. The van der Waals surface area contributed by atoms with E-state index in [1.807, 2.05) is 12.3 Å². The molecule has 3 aliphatic carbocycles. The molecule has 5 N–H and O–H groups in total. The van der Waals surface area contributed by atoms with Gasteiger partial charge in [0.25, 0.3) is 0 Å². The lowest BCUT2D eigenvalue weighted by Crippen LogP contribution is -2.49. The van der Waals surface area contributed by atoms with E-state index in [0.717, 1.165) is 32.1 Å². The fourth-order valence-corrected chi connectivity index (χ4v) is 8.71. The van der Waals surface area contributed by atoms with Crippen molar-refractivity contribution in [3.8, 4) is 5.75 Å². The fraction of sp³-hybridized carbons (Fsp3) is 0.686. The van der Waals surface area contributed by atoms with Gasteiger partial charge in [-0.3, -0.25) is 19.1 Å². The number of ether oxygens (including phenoxy) is 2. The third kappa shape index (κ3) is 7.92. The van der Waals surface area contributed by atoms with Gasteiger partial charge in [0, 0.05) is 39.3 Å². The van der Waals surface area contributed by atoms with Gasteiger partial charge in [-0.1, -0.05) is 18.2 Å². The number of methoxy groups -OCH3 is 2. The monoisotopic (exact) mass is 683 g/mol. The van der Waals surface area contributed by atoms with Gasteiger partial charge in [-0.15, -0.1) is 5.10 Å². The van der Waals surface area contributed by atoms with Gasteiger partial charge in [-0.25, -0.2) is 0 Å². The summed E-state index contributed by atoms with van der Waals surface area (Å²) in [5, 5.41) is 34.3. The van der Waals surface area contributed by atoms with Gasteiger partial charge in [-0.2, -0.15) is 0 Å². The molecule has 0 radical (unpaired) electrons.